The molecule has 0 aromatic heterocycles. The molecular formula is C14H12ClNO2S. The van der Waals surface area contributed by atoms with Gasteiger partial charge in [0.2, 0.25) is 9.84 Å². The molecule has 1 heterocycles. The van der Waals surface area contributed by atoms with Crippen molar-refractivity contribution in [3.63, 3.8) is 0 Å². The number of alkyl halides is 1. The third-order valence-electron chi connectivity index (χ3n) is 3.35. The first-order chi connectivity index (χ1) is 9.05. The molecule has 0 fully saturated rings. The van der Waals surface area contributed by atoms with Crippen LogP contribution >= 0.6 is 11.6 Å². The summed E-state index contributed by atoms with van der Waals surface area (Å²) in [5, 5.41) is 0. The minimum Gasteiger partial charge on any atom is -0.342 e. The summed E-state index contributed by atoms with van der Waals surface area (Å²) >= 11 is 5.79. The van der Waals surface area contributed by atoms with Crippen molar-refractivity contribution in [1.82, 2.24) is 0 Å². The number of fused-ring (bicyclic) bond motifs is 2. The summed E-state index contributed by atoms with van der Waals surface area (Å²) in [6.45, 7) is 0. The second kappa shape index (κ2) is 4.25. The van der Waals surface area contributed by atoms with Crippen LogP contribution in [0.1, 0.15) is 5.56 Å². The maximum atomic E-state index is 12.6. The summed E-state index contributed by atoms with van der Waals surface area (Å²) in [6, 6.07) is 12.3. The van der Waals surface area contributed by atoms with Crippen molar-refractivity contribution in [2.24, 2.45) is 0 Å². The number of hydrogen-bond acceptors (Lipinski definition) is 3. The number of benzene rings is 2. The normalized spacial score (nSPS) is 15.8. The van der Waals surface area contributed by atoms with Crippen LogP contribution in [0.3, 0.4) is 0 Å². The third-order valence-corrected chi connectivity index (χ3v) is 5.48. The minimum absolute atomic E-state index is 0.300. The summed E-state index contributed by atoms with van der Waals surface area (Å²) in [6.07, 6.45) is 0. The molecule has 3 rings (SSSR count). The molecule has 1 aliphatic heterocycles. The summed E-state index contributed by atoms with van der Waals surface area (Å²) in [7, 11) is -1.60. The second-order valence-electron chi connectivity index (χ2n) is 4.47. The van der Waals surface area contributed by atoms with Crippen molar-refractivity contribution in [2.45, 2.75) is 15.7 Å². The lowest BCUT2D eigenvalue weighted by Crippen LogP contribution is -2.22. The number of nitrogens with zero attached hydrogens (tertiary/aromatic N) is 1. The Labute approximate surface area is 117 Å². The average molecular weight is 294 g/mol. The van der Waals surface area contributed by atoms with E-state index in [9.17, 15) is 8.42 Å². The van der Waals surface area contributed by atoms with E-state index in [1.807, 2.05) is 30.1 Å². The Bertz CT molecular complexity index is 756. The van der Waals surface area contributed by atoms with Gasteiger partial charge in [-0.2, -0.15) is 0 Å². The SMILES string of the molecule is CN1c2ccccc2S(=O)(=O)c2cc(CCl)ccc21. The molecule has 0 aliphatic carbocycles. The summed E-state index contributed by atoms with van der Waals surface area (Å²) in [5.74, 6) is 0.300. The molecule has 0 bridgehead atoms. The molecule has 0 unspecified atom stereocenters. The van der Waals surface area contributed by atoms with Crippen LogP contribution in [0.2, 0.25) is 0 Å². The average Bonchev–Trinajstić information content (AvgIpc) is 2.45. The largest absolute Gasteiger partial charge is 0.342 e. The Hall–Kier alpha value is -1.52. The van der Waals surface area contributed by atoms with Gasteiger partial charge in [-0.1, -0.05) is 18.2 Å². The number of hydrogen-bond donors (Lipinski definition) is 0. The Morgan fingerprint density at radius 3 is 2.47 bits per heavy atom. The molecule has 0 radical (unpaired) electrons. The van der Waals surface area contributed by atoms with Crippen LogP contribution < -0.4 is 4.90 Å². The highest BCUT2D eigenvalue weighted by Crippen LogP contribution is 2.43. The highest BCUT2D eigenvalue weighted by atomic mass is 35.5. The number of anilines is 2. The van der Waals surface area contributed by atoms with Gasteiger partial charge >= 0.3 is 0 Å². The molecule has 2 aromatic carbocycles. The quantitative estimate of drug-likeness (QED) is 0.757. The van der Waals surface area contributed by atoms with Crippen LogP contribution in [0.15, 0.2) is 52.3 Å². The predicted octanol–water partition coefficient (Wildman–Crippen LogP) is 3.34. The second-order valence-corrected chi connectivity index (χ2v) is 6.62. The molecule has 5 heteroatoms. The van der Waals surface area contributed by atoms with Gasteiger partial charge in [-0.25, -0.2) is 8.42 Å². The van der Waals surface area contributed by atoms with Crippen molar-refractivity contribution in [3.05, 3.63) is 48.0 Å². The van der Waals surface area contributed by atoms with Crippen LogP contribution in [0.25, 0.3) is 0 Å². The first kappa shape index (κ1) is 12.5. The Morgan fingerprint density at radius 2 is 1.74 bits per heavy atom. The highest BCUT2D eigenvalue weighted by Gasteiger charge is 2.32. The fourth-order valence-electron chi connectivity index (χ4n) is 2.34. The van der Waals surface area contributed by atoms with Gasteiger partial charge in [-0.05, 0) is 29.8 Å². The van der Waals surface area contributed by atoms with E-state index in [4.69, 9.17) is 11.6 Å². The molecule has 0 amide bonds. The highest BCUT2D eigenvalue weighted by molar-refractivity contribution is 7.92. The lowest BCUT2D eigenvalue weighted by Gasteiger charge is -2.29. The molecule has 2 aromatic rings. The Balaban J connectivity index is 2.35. The molecular weight excluding hydrogens is 282 g/mol. The summed E-state index contributed by atoms with van der Waals surface area (Å²) in [5.41, 5.74) is 2.19. The minimum atomic E-state index is -3.47. The van der Waals surface area contributed by atoms with Crippen molar-refractivity contribution in [3.8, 4) is 0 Å². The van der Waals surface area contributed by atoms with Crippen LogP contribution in [0.5, 0.6) is 0 Å². The zero-order chi connectivity index (χ0) is 13.6. The van der Waals surface area contributed by atoms with Gasteiger partial charge in [0.25, 0.3) is 0 Å². The van der Waals surface area contributed by atoms with E-state index in [1.54, 1.807) is 24.3 Å². The molecule has 19 heavy (non-hydrogen) atoms. The van der Waals surface area contributed by atoms with Gasteiger partial charge in [0.15, 0.2) is 0 Å². The first-order valence-electron chi connectivity index (χ1n) is 5.82. The van der Waals surface area contributed by atoms with Gasteiger partial charge in [0.05, 0.1) is 21.2 Å². The van der Waals surface area contributed by atoms with E-state index in [2.05, 4.69) is 0 Å². The predicted molar refractivity (Wildman–Crippen MR) is 76.0 cm³/mol. The fraction of sp³-hybridized carbons (Fsp3) is 0.143. The maximum absolute atomic E-state index is 12.6. The smallest absolute Gasteiger partial charge is 0.210 e. The van der Waals surface area contributed by atoms with Crippen molar-refractivity contribution < 1.29 is 8.42 Å². The van der Waals surface area contributed by atoms with Crippen molar-refractivity contribution in [2.75, 3.05) is 11.9 Å². The van der Waals surface area contributed by atoms with E-state index in [-0.39, 0.29) is 0 Å². The summed E-state index contributed by atoms with van der Waals surface area (Å²) < 4.78 is 25.3. The van der Waals surface area contributed by atoms with Crippen LogP contribution in [0.4, 0.5) is 11.4 Å². The van der Waals surface area contributed by atoms with Crippen LogP contribution in [-0.4, -0.2) is 15.5 Å². The van der Waals surface area contributed by atoms with Crippen LogP contribution in [-0.2, 0) is 15.7 Å². The van der Waals surface area contributed by atoms with E-state index >= 15 is 0 Å². The topological polar surface area (TPSA) is 37.4 Å². The monoisotopic (exact) mass is 293 g/mol. The standard InChI is InChI=1S/C14H12ClNO2S/c1-16-11-4-2-3-5-13(11)19(17,18)14-8-10(9-15)6-7-12(14)16/h2-8H,9H2,1H3. The van der Waals surface area contributed by atoms with E-state index in [1.165, 1.54) is 0 Å². The molecule has 0 atom stereocenters. The Morgan fingerprint density at radius 1 is 1.05 bits per heavy atom. The molecule has 98 valence electrons. The number of para-hydroxylation sites is 1. The van der Waals surface area contributed by atoms with Gasteiger partial charge in [-0.3, -0.25) is 0 Å². The third kappa shape index (κ3) is 1.75. The van der Waals surface area contributed by atoms with Gasteiger partial charge in [0.1, 0.15) is 0 Å². The fourth-order valence-corrected chi connectivity index (χ4v) is 4.27. The van der Waals surface area contributed by atoms with E-state index in [0.29, 0.717) is 27.0 Å². The van der Waals surface area contributed by atoms with Crippen molar-refractivity contribution >= 4 is 32.8 Å². The van der Waals surface area contributed by atoms with Gasteiger partial charge in [-0.15, -0.1) is 11.6 Å². The number of halogens is 1. The van der Waals surface area contributed by atoms with Crippen molar-refractivity contribution in [1.29, 1.82) is 0 Å². The molecule has 3 nitrogen and oxygen atoms in total. The van der Waals surface area contributed by atoms with Gasteiger partial charge < -0.3 is 4.90 Å². The van der Waals surface area contributed by atoms with E-state index < -0.39 is 9.84 Å². The molecule has 0 spiro atoms. The molecule has 1 aliphatic rings. The molecule has 0 N–H and O–H groups in total. The maximum Gasteiger partial charge on any atom is 0.210 e. The number of sulfone groups is 1. The molecule has 0 saturated carbocycles. The Kier molecular flexibility index (Phi) is 2.80. The molecule has 0 saturated heterocycles. The van der Waals surface area contributed by atoms with E-state index in [0.717, 1.165) is 5.56 Å². The van der Waals surface area contributed by atoms with Crippen LogP contribution in [0, 0.1) is 0 Å². The zero-order valence-corrected chi connectivity index (χ0v) is 11.9. The van der Waals surface area contributed by atoms with Gasteiger partial charge in [0, 0.05) is 12.9 Å². The zero-order valence-electron chi connectivity index (χ0n) is 10.3. The lowest BCUT2D eigenvalue weighted by molar-refractivity contribution is 0.594. The number of rotatable bonds is 1. The summed E-state index contributed by atoms with van der Waals surface area (Å²) in [4.78, 5) is 2.56. The first-order valence-corrected chi connectivity index (χ1v) is 7.84. The lowest BCUT2D eigenvalue weighted by atomic mass is 10.2.